The number of thioether (sulfide) groups is 1. The van der Waals surface area contributed by atoms with Gasteiger partial charge in [0.25, 0.3) is 11.8 Å². The molecule has 2 amide bonds. The summed E-state index contributed by atoms with van der Waals surface area (Å²) in [7, 11) is 1.26. The Kier molecular flexibility index (Phi) is 5.82. The first kappa shape index (κ1) is 22.7. The number of β-lactam (4-membered cyclic amide) rings is 1. The zero-order valence-corrected chi connectivity index (χ0v) is 19.1. The molecular formula is C21H20N6O7S. The number of nitrogens with two attached hydrogens (primary N) is 1. The molecule has 1 fully saturated rings. The van der Waals surface area contributed by atoms with Gasteiger partial charge >= 0.3 is 0 Å². The van der Waals surface area contributed by atoms with Crippen LogP contribution >= 0.6 is 11.8 Å². The summed E-state index contributed by atoms with van der Waals surface area (Å²) in [5.74, 6) is -2.67. The summed E-state index contributed by atoms with van der Waals surface area (Å²) in [5, 5.41) is 18.6. The molecule has 3 N–H and O–H groups in total. The summed E-state index contributed by atoms with van der Waals surface area (Å²) in [4.78, 5) is 44.9. The molecule has 3 aliphatic heterocycles. The molecule has 0 bridgehead atoms. The van der Waals surface area contributed by atoms with Gasteiger partial charge < -0.3 is 29.2 Å². The molecule has 2 aromatic rings. The zero-order chi connectivity index (χ0) is 24.7. The Morgan fingerprint density at radius 2 is 2.26 bits per heavy atom. The van der Waals surface area contributed by atoms with Gasteiger partial charge in [-0.15, -0.1) is 11.8 Å². The van der Waals surface area contributed by atoms with E-state index in [-0.39, 0.29) is 18.1 Å². The van der Waals surface area contributed by atoms with E-state index in [9.17, 15) is 19.5 Å². The van der Waals surface area contributed by atoms with Crippen LogP contribution in [-0.2, 0) is 30.5 Å². The number of hydrogen-bond donors (Lipinski definition) is 2. The Morgan fingerprint density at radius 1 is 1.43 bits per heavy atom. The third kappa shape index (κ3) is 3.95. The fraction of sp³-hybridized carbons (Fsp3) is 0.286. The highest BCUT2D eigenvalue weighted by atomic mass is 32.2. The third-order valence-corrected chi connectivity index (χ3v) is 7.04. The maximum Gasteiger partial charge on any atom is 0.291 e. The van der Waals surface area contributed by atoms with Crippen molar-refractivity contribution >= 4 is 46.4 Å². The van der Waals surface area contributed by atoms with Gasteiger partial charge in [0.05, 0.1) is 17.9 Å². The Morgan fingerprint density at radius 3 is 2.97 bits per heavy atom. The van der Waals surface area contributed by atoms with Gasteiger partial charge in [-0.1, -0.05) is 5.16 Å². The molecule has 3 aliphatic rings. The van der Waals surface area contributed by atoms with Crippen molar-refractivity contribution < 1.29 is 38.0 Å². The number of amides is 2. The van der Waals surface area contributed by atoms with Crippen molar-refractivity contribution in [2.75, 3.05) is 12.9 Å². The molecule has 13 nitrogen and oxygen atoms in total. The lowest BCUT2D eigenvalue weighted by Crippen LogP contribution is -2.72. The number of carboxylic acid groups (broad SMARTS) is 1. The number of furan rings is 1. The number of fused-ring (bicyclic) bond motifs is 2. The van der Waals surface area contributed by atoms with E-state index in [2.05, 4.69) is 10.5 Å². The fourth-order valence-electron chi connectivity index (χ4n) is 4.08. The SMILES string of the molecule is CON=C(C(=O)NC1C(=O)N2C(C(=O)[O-])=C(C[n+]3ccc4ccoc4c3)CS[C@@H]12)N1C=COC1N. The van der Waals surface area contributed by atoms with Crippen LogP contribution < -0.4 is 20.7 Å². The molecule has 0 spiro atoms. The first-order valence-electron chi connectivity index (χ1n) is 10.4. The van der Waals surface area contributed by atoms with Crippen LogP contribution in [0.4, 0.5) is 0 Å². The highest BCUT2D eigenvalue weighted by Gasteiger charge is 2.53. The molecule has 0 saturated carbocycles. The minimum atomic E-state index is -1.46. The molecule has 35 heavy (non-hydrogen) atoms. The molecule has 5 heterocycles. The average molecular weight is 500 g/mol. The summed E-state index contributed by atoms with van der Waals surface area (Å²) in [6.07, 6.45) is 6.82. The van der Waals surface area contributed by atoms with Crippen molar-refractivity contribution in [2.45, 2.75) is 24.3 Å². The molecule has 2 aromatic heterocycles. The van der Waals surface area contributed by atoms with E-state index in [0.29, 0.717) is 16.9 Å². The van der Waals surface area contributed by atoms with Crippen molar-refractivity contribution in [3.8, 4) is 0 Å². The Labute approximate surface area is 202 Å². The van der Waals surface area contributed by atoms with Gasteiger partial charge in [0.1, 0.15) is 24.8 Å². The Balaban J connectivity index is 1.34. The van der Waals surface area contributed by atoms with Gasteiger partial charge in [0.15, 0.2) is 18.3 Å². The first-order chi connectivity index (χ1) is 16.9. The normalized spacial score (nSPS) is 23.8. The monoisotopic (exact) mass is 500 g/mol. The molecule has 5 rings (SSSR count). The van der Waals surface area contributed by atoms with E-state index in [1.54, 1.807) is 23.2 Å². The molecule has 3 atom stereocenters. The lowest BCUT2D eigenvalue weighted by Gasteiger charge is -2.50. The molecule has 182 valence electrons. The second-order valence-corrected chi connectivity index (χ2v) is 8.88. The lowest BCUT2D eigenvalue weighted by molar-refractivity contribution is -0.688. The highest BCUT2D eigenvalue weighted by molar-refractivity contribution is 8.00. The van der Waals surface area contributed by atoms with Crippen LogP contribution in [0.2, 0.25) is 0 Å². The van der Waals surface area contributed by atoms with Gasteiger partial charge in [0.2, 0.25) is 18.4 Å². The van der Waals surface area contributed by atoms with E-state index in [1.807, 2.05) is 12.1 Å². The predicted molar refractivity (Wildman–Crippen MR) is 118 cm³/mol. The summed E-state index contributed by atoms with van der Waals surface area (Å²) in [6.45, 7) is 0.226. The van der Waals surface area contributed by atoms with Crippen molar-refractivity contribution in [3.05, 3.63) is 54.5 Å². The van der Waals surface area contributed by atoms with Crippen LogP contribution in [0, 0.1) is 0 Å². The summed E-state index contributed by atoms with van der Waals surface area (Å²) < 4.78 is 12.2. The number of amidine groups is 1. The predicted octanol–water partition coefficient (Wildman–Crippen LogP) is -1.87. The van der Waals surface area contributed by atoms with E-state index >= 15 is 0 Å². The zero-order valence-electron chi connectivity index (χ0n) is 18.3. The second kappa shape index (κ2) is 8.96. The summed E-state index contributed by atoms with van der Waals surface area (Å²) in [5.41, 5.74) is 6.74. The van der Waals surface area contributed by atoms with Crippen LogP contribution in [-0.4, -0.2) is 64.0 Å². The van der Waals surface area contributed by atoms with Crippen molar-refractivity contribution in [3.63, 3.8) is 0 Å². The molecule has 2 unspecified atom stereocenters. The minimum absolute atomic E-state index is 0.194. The number of carboxylic acids is 1. The van der Waals surface area contributed by atoms with Gasteiger partial charge in [-0.3, -0.25) is 25.1 Å². The van der Waals surface area contributed by atoms with Gasteiger partial charge in [0, 0.05) is 29.0 Å². The number of nitrogens with one attached hydrogen (secondary N) is 1. The minimum Gasteiger partial charge on any atom is -0.543 e. The van der Waals surface area contributed by atoms with Crippen LogP contribution in [0.25, 0.3) is 11.0 Å². The number of aliphatic carboxylic acids is 1. The number of oxime groups is 1. The third-order valence-electron chi connectivity index (χ3n) is 5.70. The molecule has 0 aromatic carbocycles. The number of hydrogen-bond acceptors (Lipinski definition) is 10. The van der Waals surface area contributed by atoms with E-state index in [4.69, 9.17) is 19.7 Å². The molecule has 0 aliphatic carbocycles. The molecule has 1 saturated heterocycles. The number of carbonyl (C=O) groups excluding carboxylic acids is 3. The van der Waals surface area contributed by atoms with Crippen molar-refractivity contribution in [1.29, 1.82) is 0 Å². The standard InChI is InChI=1S/C21H20N6O7S/c1-32-24-16(26-5-7-34-21(26)22)17(28)23-14-18(29)27-15(20(30)31)12(10-35-19(14)27)8-25-4-2-11-3-6-33-13(11)9-25/h2-7,9,14,19,21H,8,10,22H2,1H3,(H-,23,28,30,31)/t14?,19-,21?/m0/s1. The second-order valence-electron chi connectivity index (χ2n) is 7.77. The van der Waals surface area contributed by atoms with Crippen LogP contribution in [0.15, 0.2) is 64.1 Å². The van der Waals surface area contributed by atoms with Crippen LogP contribution in [0.1, 0.15) is 0 Å². The van der Waals surface area contributed by atoms with Gasteiger partial charge in [-0.05, 0) is 6.07 Å². The molecular weight excluding hydrogens is 480 g/mol. The number of ether oxygens (including phenoxy) is 1. The first-order valence-corrected chi connectivity index (χ1v) is 11.5. The topological polar surface area (TPSA) is 167 Å². The smallest absolute Gasteiger partial charge is 0.291 e. The fourth-order valence-corrected chi connectivity index (χ4v) is 5.41. The number of pyridine rings is 1. The van der Waals surface area contributed by atoms with E-state index in [1.165, 1.54) is 36.2 Å². The van der Waals surface area contributed by atoms with Crippen LogP contribution in [0.5, 0.6) is 0 Å². The quantitative estimate of drug-likeness (QED) is 0.156. The Hall–Kier alpha value is -4.04. The van der Waals surface area contributed by atoms with Gasteiger partial charge in [-0.2, -0.15) is 4.57 Å². The lowest BCUT2D eigenvalue weighted by atomic mass is 10.0. The molecule has 14 heteroatoms. The van der Waals surface area contributed by atoms with Crippen molar-refractivity contribution in [2.24, 2.45) is 10.9 Å². The Bertz CT molecular complexity index is 1300. The maximum absolute atomic E-state index is 13.0. The number of aromatic nitrogens is 1. The summed E-state index contributed by atoms with van der Waals surface area (Å²) >= 11 is 1.33. The number of carbonyl (C=O) groups is 3. The van der Waals surface area contributed by atoms with E-state index < -0.39 is 35.6 Å². The highest BCUT2D eigenvalue weighted by Crippen LogP contribution is 2.40. The maximum atomic E-state index is 13.0. The summed E-state index contributed by atoms with van der Waals surface area (Å²) in [6, 6.07) is 2.70. The number of rotatable bonds is 5. The largest absolute Gasteiger partial charge is 0.543 e. The van der Waals surface area contributed by atoms with Crippen molar-refractivity contribution in [1.82, 2.24) is 15.1 Å². The number of nitrogens with zero attached hydrogens (tertiary/aromatic N) is 4. The molecule has 0 radical (unpaired) electrons. The van der Waals surface area contributed by atoms with E-state index in [0.717, 1.165) is 10.3 Å². The average Bonchev–Trinajstić information content (AvgIpc) is 3.48. The van der Waals surface area contributed by atoms with Gasteiger partial charge in [-0.25, -0.2) is 0 Å². The van der Waals surface area contributed by atoms with Crippen LogP contribution in [0.3, 0.4) is 0 Å².